The van der Waals surface area contributed by atoms with Gasteiger partial charge in [0.05, 0.1) is 19.3 Å². The molecule has 2 nitrogen and oxygen atoms in total. The minimum Gasteiger partial charge on any atom is -0.375 e. The fourth-order valence-electron chi connectivity index (χ4n) is 3.01. The molecule has 0 saturated heterocycles. The number of hydrogen-bond acceptors (Lipinski definition) is 2. The van der Waals surface area contributed by atoms with Gasteiger partial charge in [0.2, 0.25) is 0 Å². The van der Waals surface area contributed by atoms with Crippen molar-refractivity contribution in [1.29, 1.82) is 0 Å². The van der Waals surface area contributed by atoms with Crippen LogP contribution < -0.4 is 5.32 Å². The van der Waals surface area contributed by atoms with Gasteiger partial charge in [0.25, 0.3) is 0 Å². The second kappa shape index (κ2) is 6.42. The smallest absolute Gasteiger partial charge is 0.0721 e. The number of fused-ring (bicyclic) bond motifs is 1. The zero-order valence-electron chi connectivity index (χ0n) is 12.8. The monoisotopic (exact) mass is 281 g/mol. The summed E-state index contributed by atoms with van der Waals surface area (Å²) in [5, 5.41) is 3.77. The van der Waals surface area contributed by atoms with Gasteiger partial charge in [-0.05, 0) is 30.0 Å². The third-order valence-corrected chi connectivity index (χ3v) is 4.26. The Labute approximate surface area is 127 Å². The van der Waals surface area contributed by atoms with E-state index in [0.717, 1.165) is 19.6 Å². The van der Waals surface area contributed by atoms with E-state index in [4.69, 9.17) is 4.74 Å². The fraction of sp³-hybridized carbons (Fsp3) is 0.368. The summed E-state index contributed by atoms with van der Waals surface area (Å²) in [6.07, 6.45) is 1.07. The van der Waals surface area contributed by atoms with E-state index in [1.807, 2.05) is 0 Å². The Kier molecular flexibility index (Phi) is 4.37. The van der Waals surface area contributed by atoms with Gasteiger partial charge in [0.1, 0.15) is 0 Å². The number of nitrogens with one attached hydrogen (secondary N) is 1. The molecule has 0 saturated carbocycles. The molecule has 0 amide bonds. The highest BCUT2D eigenvalue weighted by Gasteiger charge is 2.23. The van der Waals surface area contributed by atoms with E-state index in [-0.39, 0.29) is 6.04 Å². The predicted molar refractivity (Wildman–Crippen MR) is 86.2 cm³/mol. The molecule has 0 fully saturated rings. The number of ether oxygens (including phenoxy) is 1. The molecule has 1 aliphatic rings. The van der Waals surface area contributed by atoms with Crippen molar-refractivity contribution in [3.05, 3.63) is 70.8 Å². The largest absolute Gasteiger partial charge is 0.375 e. The number of hydrogen-bond donors (Lipinski definition) is 1. The van der Waals surface area contributed by atoms with Gasteiger partial charge in [-0.3, -0.25) is 0 Å². The zero-order chi connectivity index (χ0) is 14.7. The summed E-state index contributed by atoms with van der Waals surface area (Å²) in [5.41, 5.74) is 5.35. The van der Waals surface area contributed by atoms with Gasteiger partial charge in [0.15, 0.2) is 0 Å². The molecule has 0 aromatic heterocycles. The summed E-state index contributed by atoms with van der Waals surface area (Å²) in [6, 6.07) is 18.1. The zero-order valence-corrected chi connectivity index (χ0v) is 12.8. The van der Waals surface area contributed by atoms with E-state index in [9.17, 15) is 0 Å². The van der Waals surface area contributed by atoms with Crippen molar-refractivity contribution >= 4 is 0 Å². The molecule has 1 N–H and O–H groups in total. The molecule has 0 radical (unpaired) electrons. The van der Waals surface area contributed by atoms with Gasteiger partial charge in [0, 0.05) is 6.04 Å². The molecule has 21 heavy (non-hydrogen) atoms. The second-order valence-corrected chi connectivity index (χ2v) is 5.80. The molecule has 0 bridgehead atoms. The molecule has 3 rings (SSSR count). The second-order valence-electron chi connectivity index (χ2n) is 5.80. The van der Waals surface area contributed by atoms with Crippen LogP contribution >= 0.6 is 0 Å². The summed E-state index contributed by atoms with van der Waals surface area (Å²) in [4.78, 5) is 0. The lowest BCUT2D eigenvalue weighted by Crippen LogP contribution is -2.32. The van der Waals surface area contributed by atoms with Crippen LogP contribution in [0.4, 0.5) is 0 Å². The molecule has 0 aliphatic carbocycles. The van der Waals surface area contributed by atoms with Gasteiger partial charge in [-0.2, -0.15) is 0 Å². The molecule has 2 aromatic carbocycles. The van der Waals surface area contributed by atoms with Crippen molar-refractivity contribution in [2.75, 3.05) is 6.61 Å². The highest BCUT2D eigenvalue weighted by Crippen LogP contribution is 2.28. The van der Waals surface area contributed by atoms with Crippen molar-refractivity contribution in [3.8, 4) is 0 Å². The standard InChI is InChI=1S/C19H23NO/c1-3-18(15-10-8-14(2)9-11-15)20-19-13-21-12-16-6-4-5-7-17(16)19/h4-11,18-20H,3,12-13H2,1-2H3. The Bertz CT molecular complexity index is 591. The Balaban J connectivity index is 1.80. The summed E-state index contributed by atoms with van der Waals surface area (Å²) >= 11 is 0. The first-order valence-electron chi connectivity index (χ1n) is 7.76. The van der Waals surface area contributed by atoms with Gasteiger partial charge < -0.3 is 10.1 Å². The Morgan fingerprint density at radius 3 is 2.67 bits per heavy atom. The van der Waals surface area contributed by atoms with Crippen LogP contribution in [-0.4, -0.2) is 6.61 Å². The first kappa shape index (κ1) is 14.3. The lowest BCUT2D eigenvalue weighted by molar-refractivity contribution is 0.0781. The van der Waals surface area contributed by atoms with Crippen molar-refractivity contribution in [2.24, 2.45) is 0 Å². The molecule has 1 aliphatic heterocycles. The molecule has 0 spiro atoms. The van der Waals surface area contributed by atoms with Crippen molar-refractivity contribution in [2.45, 2.75) is 39.0 Å². The number of benzene rings is 2. The van der Waals surface area contributed by atoms with Crippen LogP contribution in [0.3, 0.4) is 0 Å². The maximum absolute atomic E-state index is 5.75. The SMILES string of the molecule is CCC(NC1COCc2ccccc21)c1ccc(C)cc1. The molecule has 2 heteroatoms. The lowest BCUT2D eigenvalue weighted by atomic mass is 9.96. The molecule has 110 valence electrons. The predicted octanol–water partition coefficient (Wildman–Crippen LogP) is 4.31. The molecule has 2 unspecified atom stereocenters. The normalized spacial score (nSPS) is 19.0. The van der Waals surface area contributed by atoms with E-state index in [0.29, 0.717) is 6.04 Å². The van der Waals surface area contributed by atoms with Gasteiger partial charge in [-0.25, -0.2) is 0 Å². The van der Waals surface area contributed by atoms with Crippen LogP contribution in [0, 0.1) is 6.92 Å². The number of aryl methyl sites for hydroxylation is 1. The summed E-state index contributed by atoms with van der Waals surface area (Å²) < 4.78 is 5.75. The van der Waals surface area contributed by atoms with Crippen molar-refractivity contribution in [3.63, 3.8) is 0 Å². The summed E-state index contributed by atoms with van der Waals surface area (Å²) in [6.45, 7) is 5.84. The maximum Gasteiger partial charge on any atom is 0.0721 e. The Morgan fingerprint density at radius 2 is 1.90 bits per heavy atom. The molecule has 2 aromatic rings. The van der Waals surface area contributed by atoms with Gasteiger partial charge >= 0.3 is 0 Å². The van der Waals surface area contributed by atoms with Gasteiger partial charge in [-0.1, -0.05) is 61.0 Å². The van der Waals surface area contributed by atoms with E-state index in [2.05, 4.69) is 67.7 Å². The van der Waals surface area contributed by atoms with Crippen LogP contribution in [0.2, 0.25) is 0 Å². The average molecular weight is 281 g/mol. The molecule has 2 atom stereocenters. The minimum atomic E-state index is 0.279. The van der Waals surface area contributed by atoms with Crippen LogP contribution in [0.1, 0.15) is 47.7 Å². The van der Waals surface area contributed by atoms with E-state index in [1.165, 1.54) is 22.3 Å². The topological polar surface area (TPSA) is 21.3 Å². The van der Waals surface area contributed by atoms with Crippen LogP contribution in [0.15, 0.2) is 48.5 Å². The average Bonchev–Trinajstić information content (AvgIpc) is 2.54. The van der Waals surface area contributed by atoms with E-state index < -0.39 is 0 Å². The third-order valence-electron chi connectivity index (χ3n) is 4.26. The van der Waals surface area contributed by atoms with Gasteiger partial charge in [-0.15, -0.1) is 0 Å². The highest BCUT2D eigenvalue weighted by molar-refractivity contribution is 5.32. The molecular formula is C19H23NO. The highest BCUT2D eigenvalue weighted by atomic mass is 16.5. The van der Waals surface area contributed by atoms with Crippen LogP contribution in [0.5, 0.6) is 0 Å². The van der Waals surface area contributed by atoms with Crippen molar-refractivity contribution in [1.82, 2.24) is 5.32 Å². The minimum absolute atomic E-state index is 0.279. The van der Waals surface area contributed by atoms with Crippen LogP contribution in [0.25, 0.3) is 0 Å². The third kappa shape index (κ3) is 3.17. The Morgan fingerprint density at radius 1 is 1.14 bits per heavy atom. The fourth-order valence-corrected chi connectivity index (χ4v) is 3.01. The molecule has 1 heterocycles. The van der Waals surface area contributed by atoms with E-state index in [1.54, 1.807) is 0 Å². The first-order chi connectivity index (χ1) is 10.3. The lowest BCUT2D eigenvalue weighted by Gasteiger charge is -2.30. The summed E-state index contributed by atoms with van der Waals surface area (Å²) in [5.74, 6) is 0. The quantitative estimate of drug-likeness (QED) is 0.901. The maximum atomic E-state index is 5.75. The summed E-state index contributed by atoms with van der Waals surface area (Å²) in [7, 11) is 0. The molecular weight excluding hydrogens is 258 g/mol. The van der Waals surface area contributed by atoms with E-state index >= 15 is 0 Å². The van der Waals surface area contributed by atoms with Crippen LogP contribution in [-0.2, 0) is 11.3 Å². The Hall–Kier alpha value is -1.64. The first-order valence-corrected chi connectivity index (χ1v) is 7.76. The van der Waals surface area contributed by atoms with Crippen molar-refractivity contribution < 1.29 is 4.74 Å². The number of rotatable bonds is 4.